The molecular formula is C38H45N3O9S. The van der Waals surface area contributed by atoms with E-state index in [1.54, 1.807) is 67.6 Å². The third-order valence-corrected chi connectivity index (χ3v) is 9.95. The van der Waals surface area contributed by atoms with Crippen LogP contribution in [-0.4, -0.2) is 62.9 Å². The number of hydrogen-bond donors (Lipinski definition) is 3. The van der Waals surface area contributed by atoms with Crippen molar-refractivity contribution < 1.29 is 41.9 Å². The molecule has 1 heterocycles. The number of hydrogen-bond acceptors (Lipinski definition) is 10. The minimum absolute atomic E-state index is 0.0882. The number of amides is 2. The zero-order chi connectivity index (χ0) is 36.9. The number of rotatable bonds is 18. The number of nitrogens with one attached hydrogen (secondary N) is 3. The van der Waals surface area contributed by atoms with Crippen LogP contribution in [0.1, 0.15) is 62.6 Å². The van der Waals surface area contributed by atoms with E-state index in [9.17, 15) is 32.4 Å². The quantitative estimate of drug-likeness (QED) is 0.0749. The minimum atomic E-state index is -4.21. The zero-order valence-electron chi connectivity index (χ0n) is 28.9. The second kappa shape index (κ2) is 18.4. The fraction of sp³-hybridized carbons (Fsp3) is 0.395. The number of esters is 1. The summed E-state index contributed by atoms with van der Waals surface area (Å²) in [6, 6.07) is 22.2. The van der Waals surface area contributed by atoms with E-state index in [0.717, 1.165) is 6.42 Å². The lowest BCUT2D eigenvalue weighted by molar-refractivity contribution is -0.180. The van der Waals surface area contributed by atoms with Crippen molar-refractivity contribution in [3.05, 3.63) is 102 Å². The summed E-state index contributed by atoms with van der Waals surface area (Å²) in [5.41, 5.74) is -0.915. The van der Waals surface area contributed by atoms with Gasteiger partial charge in [0.1, 0.15) is 6.04 Å². The molecule has 0 bridgehead atoms. The van der Waals surface area contributed by atoms with Crippen molar-refractivity contribution in [3.63, 3.8) is 0 Å². The van der Waals surface area contributed by atoms with Gasteiger partial charge in [-0.25, -0.2) is 17.9 Å². The molecular weight excluding hydrogens is 674 g/mol. The monoisotopic (exact) mass is 719 g/mol. The molecule has 0 radical (unpaired) electrons. The molecule has 0 saturated carbocycles. The average Bonchev–Trinajstić information content (AvgIpc) is 3.67. The van der Waals surface area contributed by atoms with E-state index in [0.29, 0.717) is 42.5 Å². The highest BCUT2D eigenvalue weighted by atomic mass is 32.2. The minimum Gasteiger partial charge on any atom is -0.449 e. The number of carbonyl (C=O) groups excluding carboxylic acids is 5. The van der Waals surface area contributed by atoms with Crippen LogP contribution in [0.3, 0.4) is 0 Å². The third-order valence-electron chi connectivity index (χ3n) is 8.63. The van der Waals surface area contributed by atoms with Gasteiger partial charge >= 0.3 is 17.8 Å². The summed E-state index contributed by atoms with van der Waals surface area (Å²) in [6.45, 7) is 4.31. The molecule has 0 aromatic heterocycles. The lowest BCUT2D eigenvalue weighted by Crippen LogP contribution is -2.65. The maximum Gasteiger partial charge on any atom is 0.421 e. The highest BCUT2D eigenvalue weighted by Crippen LogP contribution is 2.24. The molecule has 51 heavy (non-hydrogen) atoms. The van der Waals surface area contributed by atoms with E-state index in [-0.39, 0.29) is 37.2 Å². The summed E-state index contributed by atoms with van der Waals surface area (Å²) in [4.78, 5) is 67.9. The molecule has 13 heteroatoms. The predicted octanol–water partition coefficient (Wildman–Crippen LogP) is 4.20. The molecule has 1 aliphatic rings. The first kappa shape index (κ1) is 38.9. The second-order valence-electron chi connectivity index (χ2n) is 12.5. The Labute approximate surface area is 298 Å². The summed E-state index contributed by atoms with van der Waals surface area (Å²) in [7, 11) is -4.21. The summed E-state index contributed by atoms with van der Waals surface area (Å²) in [5, 5.41) is 5.64. The van der Waals surface area contributed by atoms with Crippen molar-refractivity contribution in [2.45, 2.75) is 81.9 Å². The second-order valence-corrected chi connectivity index (χ2v) is 14.1. The highest BCUT2D eigenvalue weighted by Gasteiger charge is 2.51. The van der Waals surface area contributed by atoms with Gasteiger partial charge in [-0.05, 0) is 67.5 Å². The van der Waals surface area contributed by atoms with E-state index in [2.05, 4.69) is 10.6 Å². The van der Waals surface area contributed by atoms with Crippen molar-refractivity contribution in [1.29, 1.82) is 0 Å². The SMILES string of the molecule is CCCCOC(=O)NS(=O)(=O)c1ccc(C[C@H](CC)C(=O)NC(OC(=O)[C@@H]2CCCN2)(C(=O)Cc2ccccc2)C(=O)Cc2ccccc2)cc1. The Kier molecular flexibility index (Phi) is 14.0. The zero-order valence-corrected chi connectivity index (χ0v) is 29.7. The van der Waals surface area contributed by atoms with E-state index >= 15 is 0 Å². The molecule has 1 aliphatic heterocycles. The summed E-state index contributed by atoms with van der Waals surface area (Å²) >= 11 is 0. The third kappa shape index (κ3) is 10.8. The Morgan fingerprint density at radius 3 is 1.94 bits per heavy atom. The molecule has 2 atom stereocenters. The van der Waals surface area contributed by atoms with Crippen molar-refractivity contribution in [2.24, 2.45) is 5.92 Å². The van der Waals surface area contributed by atoms with Crippen LogP contribution >= 0.6 is 0 Å². The number of ketones is 2. The van der Waals surface area contributed by atoms with Gasteiger partial charge in [-0.1, -0.05) is 93.1 Å². The summed E-state index contributed by atoms with van der Waals surface area (Å²) < 4.78 is 38.1. The summed E-state index contributed by atoms with van der Waals surface area (Å²) in [6.07, 6.45) is 1.22. The average molecular weight is 720 g/mol. The van der Waals surface area contributed by atoms with Gasteiger partial charge in [0.05, 0.1) is 11.5 Å². The number of sulfonamides is 1. The van der Waals surface area contributed by atoms with Gasteiger partial charge in [0.2, 0.25) is 17.5 Å². The number of ether oxygens (including phenoxy) is 2. The predicted molar refractivity (Wildman–Crippen MR) is 189 cm³/mol. The molecule has 2 amide bonds. The van der Waals surface area contributed by atoms with Gasteiger partial charge in [-0.3, -0.25) is 19.2 Å². The van der Waals surface area contributed by atoms with Crippen LogP contribution < -0.4 is 15.4 Å². The topological polar surface area (TPSA) is 174 Å². The van der Waals surface area contributed by atoms with Crippen molar-refractivity contribution >= 4 is 39.6 Å². The molecule has 1 saturated heterocycles. The summed E-state index contributed by atoms with van der Waals surface area (Å²) in [5.74, 6) is -3.90. The normalized spacial score (nSPS) is 15.0. The molecule has 0 spiro atoms. The first-order valence-electron chi connectivity index (χ1n) is 17.2. The first-order chi connectivity index (χ1) is 24.5. The van der Waals surface area contributed by atoms with Crippen LogP contribution in [0.4, 0.5) is 4.79 Å². The number of Topliss-reactive ketones (excluding diaryl/α,β-unsaturated/α-hetero) is 2. The largest absolute Gasteiger partial charge is 0.449 e. The molecule has 12 nitrogen and oxygen atoms in total. The number of unbranched alkanes of at least 4 members (excludes halogenated alkanes) is 1. The van der Waals surface area contributed by atoms with Crippen LogP contribution in [0.5, 0.6) is 0 Å². The number of benzene rings is 3. The molecule has 3 N–H and O–H groups in total. The fourth-order valence-electron chi connectivity index (χ4n) is 5.65. The standard InChI is InChI=1S/C38H45N3O9S/c1-3-5-23-49-37(46)41-51(47,48)31-20-18-29(19-21-31)24-30(4-2)35(44)40-38(50-36(45)32-17-12-22-39-32,33(42)25-27-13-8-6-9-14-27)34(43)26-28-15-10-7-11-16-28/h6-11,13-16,18-21,30,32,39H,3-5,12,17,22-26H2,1-2H3,(H,40,44)(H,41,46)/t30-,32-/m0/s1. The van der Waals surface area contributed by atoms with Gasteiger partial charge in [0, 0.05) is 18.8 Å². The van der Waals surface area contributed by atoms with Crippen molar-refractivity contribution in [2.75, 3.05) is 13.2 Å². The Morgan fingerprint density at radius 1 is 0.843 bits per heavy atom. The van der Waals surface area contributed by atoms with Gasteiger partial charge < -0.3 is 20.1 Å². The lowest BCUT2D eigenvalue weighted by atomic mass is 9.90. The Balaban J connectivity index is 1.61. The molecule has 3 aromatic rings. The first-order valence-corrected chi connectivity index (χ1v) is 18.7. The van der Waals surface area contributed by atoms with Crippen LogP contribution in [-0.2, 0) is 57.9 Å². The van der Waals surface area contributed by atoms with Gasteiger partial charge in [-0.2, -0.15) is 0 Å². The molecule has 0 unspecified atom stereocenters. The molecule has 0 aliphatic carbocycles. The molecule has 1 fully saturated rings. The van der Waals surface area contributed by atoms with Crippen LogP contribution in [0, 0.1) is 5.92 Å². The molecule has 272 valence electrons. The Bertz CT molecular complexity index is 1710. The Hall–Kier alpha value is -4.88. The number of carbonyl (C=O) groups is 5. The van der Waals surface area contributed by atoms with Gasteiger partial charge in [0.15, 0.2) is 0 Å². The Morgan fingerprint density at radius 2 is 1.43 bits per heavy atom. The van der Waals surface area contributed by atoms with Gasteiger partial charge in [-0.15, -0.1) is 0 Å². The van der Waals surface area contributed by atoms with Crippen molar-refractivity contribution in [1.82, 2.24) is 15.4 Å². The van der Waals surface area contributed by atoms with E-state index in [1.165, 1.54) is 24.3 Å². The van der Waals surface area contributed by atoms with E-state index in [4.69, 9.17) is 9.47 Å². The van der Waals surface area contributed by atoms with Crippen LogP contribution in [0.25, 0.3) is 0 Å². The van der Waals surface area contributed by atoms with E-state index < -0.39 is 57.2 Å². The van der Waals surface area contributed by atoms with E-state index in [1.807, 2.05) is 11.6 Å². The van der Waals surface area contributed by atoms with Crippen LogP contribution in [0.15, 0.2) is 89.8 Å². The fourth-order valence-corrected chi connectivity index (χ4v) is 6.54. The van der Waals surface area contributed by atoms with Crippen LogP contribution in [0.2, 0.25) is 0 Å². The van der Waals surface area contributed by atoms with Crippen molar-refractivity contribution in [3.8, 4) is 0 Å². The molecule has 4 rings (SSSR count). The maximum absolute atomic E-state index is 14.3. The molecule has 3 aromatic carbocycles. The smallest absolute Gasteiger partial charge is 0.421 e. The lowest BCUT2D eigenvalue weighted by Gasteiger charge is -2.34. The highest BCUT2D eigenvalue weighted by molar-refractivity contribution is 7.90. The van der Waals surface area contributed by atoms with Gasteiger partial charge in [0.25, 0.3) is 10.0 Å². The maximum atomic E-state index is 14.3.